The van der Waals surface area contributed by atoms with Crippen molar-refractivity contribution in [3.8, 4) is 0 Å². The van der Waals surface area contributed by atoms with E-state index in [-0.39, 0.29) is 0 Å². The van der Waals surface area contributed by atoms with Crippen LogP contribution in [0, 0.1) is 0 Å². The van der Waals surface area contributed by atoms with Crippen molar-refractivity contribution in [2.75, 3.05) is 0 Å². The lowest BCUT2D eigenvalue weighted by Gasteiger charge is -2.26. The van der Waals surface area contributed by atoms with Gasteiger partial charge in [-0.15, -0.1) is 0 Å². The summed E-state index contributed by atoms with van der Waals surface area (Å²) in [5.41, 5.74) is 3.05. The van der Waals surface area contributed by atoms with Crippen molar-refractivity contribution in [3.05, 3.63) is 71.8 Å². The van der Waals surface area contributed by atoms with Crippen LogP contribution < -0.4 is 0 Å². The van der Waals surface area contributed by atoms with Gasteiger partial charge in [0.1, 0.15) is 0 Å². The molecule has 0 N–H and O–H groups in total. The largest absolute Gasteiger partial charge is 0.0683 e. The van der Waals surface area contributed by atoms with Crippen LogP contribution in [0.5, 0.6) is 0 Å². The molecule has 2 aromatic carbocycles. The maximum atomic E-state index is 2.31. The monoisotopic (exact) mass is 310 g/mol. The normalized spacial score (nSPS) is 20.2. The highest BCUT2D eigenvalue weighted by molar-refractivity contribution is 5.28. The Labute approximate surface area is 144 Å². The average molecular weight is 311 g/mol. The van der Waals surface area contributed by atoms with Gasteiger partial charge < -0.3 is 0 Å². The van der Waals surface area contributed by atoms with Crippen molar-refractivity contribution < 1.29 is 0 Å². The molecule has 2 unspecified atom stereocenters. The second kappa shape index (κ2) is 11.9. The summed E-state index contributed by atoms with van der Waals surface area (Å²) in [6.45, 7) is 8.00. The Bertz CT molecular complexity index is 438. The molecule has 3 rings (SSSR count). The third kappa shape index (κ3) is 5.86. The zero-order valence-electron chi connectivity index (χ0n) is 15.5. The minimum Gasteiger partial charge on any atom is -0.0683 e. The molecule has 2 atom stereocenters. The van der Waals surface area contributed by atoms with E-state index < -0.39 is 0 Å². The van der Waals surface area contributed by atoms with Gasteiger partial charge in [0.25, 0.3) is 0 Å². The predicted molar refractivity (Wildman–Crippen MR) is 104 cm³/mol. The molecular formula is C23H34. The fraction of sp³-hybridized carbons (Fsp3) is 0.478. The third-order valence-electron chi connectivity index (χ3n) is 4.47. The van der Waals surface area contributed by atoms with Crippen molar-refractivity contribution in [2.45, 2.75) is 71.6 Å². The molecule has 0 heteroatoms. The van der Waals surface area contributed by atoms with Gasteiger partial charge in [0.2, 0.25) is 0 Å². The number of rotatable bonds is 2. The molecule has 1 aliphatic carbocycles. The van der Waals surface area contributed by atoms with Crippen LogP contribution in [0.3, 0.4) is 0 Å². The highest BCUT2D eigenvalue weighted by Gasteiger charge is 2.26. The Hall–Kier alpha value is -1.56. The third-order valence-corrected chi connectivity index (χ3v) is 4.47. The van der Waals surface area contributed by atoms with Crippen LogP contribution in [0.15, 0.2) is 60.7 Å². The molecule has 0 aliphatic heterocycles. The fourth-order valence-corrected chi connectivity index (χ4v) is 3.51. The van der Waals surface area contributed by atoms with Crippen LogP contribution >= 0.6 is 0 Å². The van der Waals surface area contributed by atoms with Crippen LogP contribution in [0.2, 0.25) is 0 Å². The molecule has 1 aliphatic rings. The summed E-state index contributed by atoms with van der Waals surface area (Å²) in [4.78, 5) is 0. The van der Waals surface area contributed by atoms with Gasteiger partial charge in [0.15, 0.2) is 0 Å². The first-order valence-electron chi connectivity index (χ1n) is 9.55. The van der Waals surface area contributed by atoms with Crippen molar-refractivity contribution in [2.24, 2.45) is 0 Å². The van der Waals surface area contributed by atoms with E-state index in [1.807, 2.05) is 27.7 Å². The lowest BCUT2D eigenvalue weighted by Crippen LogP contribution is -2.10. The molecule has 1 saturated carbocycles. The maximum Gasteiger partial charge on any atom is -0.00931 e. The molecule has 0 saturated heterocycles. The van der Waals surface area contributed by atoms with Crippen molar-refractivity contribution in [3.63, 3.8) is 0 Å². The first-order valence-corrected chi connectivity index (χ1v) is 9.55. The van der Waals surface area contributed by atoms with Crippen LogP contribution in [0.4, 0.5) is 0 Å². The molecule has 23 heavy (non-hydrogen) atoms. The van der Waals surface area contributed by atoms with Crippen LogP contribution in [0.1, 0.15) is 82.8 Å². The summed E-state index contributed by atoms with van der Waals surface area (Å²) in [5.74, 6) is 1.40. The number of benzene rings is 2. The van der Waals surface area contributed by atoms with Crippen molar-refractivity contribution in [1.29, 1.82) is 0 Å². The second-order valence-electron chi connectivity index (χ2n) is 5.67. The van der Waals surface area contributed by atoms with Gasteiger partial charge in [-0.1, -0.05) is 108 Å². The summed E-state index contributed by atoms with van der Waals surface area (Å²) < 4.78 is 0. The van der Waals surface area contributed by atoms with E-state index in [2.05, 4.69) is 60.7 Å². The molecule has 1 fully saturated rings. The van der Waals surface area contributed by atoms with Crippen molar-refractivity contribution in [1.82, 2.24) is 0 Å². The maximum absolute atomic E-state index is 2.31. The molecule has 0 spiro atoms. The summed E-state index contributed by atoms with van der Waals surface area (Å²) in [5, 5.41) is 0. The zero-order valence-corrected chi connectivity index (χ0v) is 15.5. The van der Waals surface area contributed by atoms with Crippen molar-refractivity contribution >= 4 is 0 Å². The topological polar surface area (TPSA) is 0 Å². The van der Waals surface area contributed by atoms with Gasteiger partial charge in [0, 0.05) is 0 Å². The smallest absolute Gasteiger partial charge is 0.00931 e. The molecule has 0 amide bonds. The molecule has 126 valence electrons. The van der Waals surface area contributed by atoms with Gasteiger partial charge in [-0.25, -0.2) is 0 Å². The Kier molecular flexibility index (Phi) is 10.1. The Balaban J connectivity index is 0.000000615. The van der Waals surface area contributed by atoms with Gasteiger partial charge in [-0.3, -0.25) is 0 Å². The van der Waals surface area contributed by atoms with Gasteiger partial charge in [-0.2, -0.15) is 0 Å². The van der Waals surface area contributed by atoms with E-state index in [9.17, 15) is 0 Å². The van der Waals surface area contributed by atoms with E-state index in [1.165, 1.54) is 43.2 Å². The summed E-state index contributed by atoms with van der Waals surface area (Å²) in [6.07, 6.45) is 6.83. The molecule has 0 nitrogen and oxygen atoms in total. The highest BCUT2D eigenvalue weighted by Crippen LogP contribution is 2.42. The number of hydrogen-bond acceptors (Lipinski definition) is 0. The molecule has 2 aromatic rings. The molecule has 0 aromatic heterocycles. The van der Waals surface area contributed by atoms with E-state index in [4.69, 9.17) is 0 Å². The van der Waals surface area contributed by atoms with E-state index >= 15 is 0 Å². The average Bonchev–Trinajstić information content (AvgIpc) is 2.92. The minimum absolute atomic E-state index is 0.700. The molecular weight excluding hydrogens is 276 g/mol. The SMILES string of the molecule is CC.CC.c1ccc(C2CCCCCC2c2ccccc2)cc1. The quantitative estimate of drug-likeness (QED) is 0.502. The summed E-state index contributed by atoms with van der Waals surface area (Å²) in [7, 11) is 0. The Morgan fingerprint density at radius 3 is 1.22 bits per heavy atom. The molecule has 0 heterocycles. The van der Waals surface area contributed by atoms with E-state index in [0.717, 1.165) is 0 Å². The molecule has 0 radical (unpaired) electrons. The number of hydrogen-bond donors (Lipinski definition) is 0. The summed E-state index contributed by atoms with van der Waals surface area (Å²) >= 11 is 0. The van der Waals surface area contributed by atoms with Gasteiger partial charge >= 0.3 is 0 Å². The summed E-state index contributed by atoms with van der Waals surface area (Å²) in [6, 6.07) is 22.2. The molecule has 0 bridgehead atoms. The van der Waals surface area contributed by atoms with Gasteiger partial charge in [-0.05, 0) is 35.8 Å². The lowest BCUT2D eigenvalue weighted by atomic mass is 9.78. The van der Waals surface area contributed by atoms with E-state index in [1.54, 1.807) is 0 Å². The fourth-order valence-electron chi connectivity index (χ4n) is 3.51. The van der Waals surface area contributed by atoms with Gasteiger partial charge in [0.05, 0.1) is 0 Å². The zero-order chi connectivity index (χ0) is 16.9. The first-order chi connectivity index (χ1) is 11.4. The van der Waals surface area contributed by atoms with Crippen LogP contribution in [-0.2, 0) is 0 Å². The lowest BCUT2D eigenvalue weighted by molar-refractivity contribution is 0.510. The predicted octanol–water partition coefficient (Wildman–Crippen LogP) is 7.57. The minimum atomic E-state index is 0.700. The van der Waals surface area contributed by atoms with Crippen LogP contribution in [-0.4, -0.2) is 0 Å². The van der Waals surface area contributed by atoms with Crippen LogP contribution in [0.25, 0.3) is 0 Å². The second-order valence-corrected chi connectivity index (χ2v) is 5.67. The first kappa shape index (κ1) is 19.5. The van der Waals surface area contributed by atoms with E-state index in [0.29, 0.717) is 11.8 Å². The Morgan fingerprint density at radius 2 is 0.870 bits per heavy atom. The Morgan fingerprint density at radius 1 is 0.522 bits per heavy atom. The standard InChI is InChI=1S/C19H22.2C2H6/c1-4-10-16(11-5-1)18-14-8-3-9-15-19(18)17-12-6-2-7-13-17;2*1-2/h1-2,4-7,10-13,18-19H,3,8-9,14-15H2;2*1-2H3. The highest BCUT2D eigenvalue weighted by atomic mass is 14.3.